The van der Waals surface area contributed by atoms with Crippen LogP contribution in [0.4, 0.5) is 0 Å². The summed E-state index contributed by atoms with van der Waals surface area (Å²) in [5.74, 6) is -1.09. The lowest BCUT2D eigenvalue weighted by Gasteiger charge is -2.19. The van der Waals surface area contributed by atoms with Gasteiger partial charge in [0.1, 0.15) is 6.29 Å². The van der Waals surface area contributed by atoms with Crippen LogP contribution < -0.4 is 0 Å². The van der Waals surface area contributed by atoms with Crippen molar-refractivity contribution in [1.82, 2.24) is 4.90 Å². The number of carboxylic acids is 1. The highest BCUT2D eigenvalue weighted by Gasteiger charge is 2.18. The van der Waals surface area contributed by atoms with Crippen molar-refractivity contribution in [3.05, 3.63) is 0 Å². The summed E-state index contributed by atoms with van der Waals surface area (Å²) in [6.07, 6.45) is 2.66. The molecule has 0 radical (unpaired) electrons. The fraction of sp³-hybridized carbons (Fsp3) is 0.800. The zero-order valence-corrected chi connectivity index (χ0v) is 9.06. The Labute approximate surface area is 84.9 Å². The molecule has 0 aliphatic carbocycles. The van der Waals surface area contributed by atoms with Gasteiger partial charge in [0, 0.05) is 0 Å². The number of carbonyl (C=O) groups is 2. The second-order valence-corrected chi connectivity index (χ2v) is 3.69. The lowest BCUT2D eigenvalue weighted by atomic mass is 9.98. The molecule has 0 fully saturated rings. The van der Waals surface area contributed by atoms with Crippen molar-refractivity contribution in [2.75, 3.05) is 14.1 Å². The summed E-state index contributed by atoms with van der Waals surface area (Å²) in [6.45, 7) is 1.85. The summed E-state index contributed by atoms with van der Waals surface area (Å²) < 4.78 is 0. The van der Waals surface area contributed by atoms with Crippen molar-refractivity contribution in [1.29, 1.82) is 0 Å². The minimum atomic E-state index is -0.768. The smallest absolute Gasteiger partial charge is 0.306 e. The first-order valence-electron chi connectivity index (χ1n) is 4.87. The number of nitrogens with zero attached hydrogens (tertiary/aromatic N) is 1. The number of hydrogen-bond donors (Lipinski definition) is 1. The molecule has 0 aromatic heterocycles. The fourth-order valence-corrected chi connectivity index (χ4v) is 1.32. The van der Waals surface area contributed by atoms with Gasteiger partial charge in [-0.1, -0.05) is 6.92 Å². The molecule has 0 aromatic carbocycles. The number of likely N-dealkylation sites (N-methyl/N-ethyl adjacent to an activating group) is 1. The van der Waals surface area contributed by atoms with E-state index in [1.54, 1.807) is 0 Å². The molecule has 0 aliphatic rings. The molecular formula is C10H19NO3. The Morgan fingerprint density at radius 3 is 2.29 bits per heavy atom. The van der Waals surface area contributed by atoms with E-state index in [9.17, 15) is 9.59 Å². The summed E-state index contributed by atoms with van der Waals surface area (Å²) in [7, 11) is 3.64. The molecule has 0 aromatic rings. The van der Waals surface area contributed by atoms with Crippen molar-refractivity contribution in [2.24, 2.45) is 5.92 Å². The third-order valence-corrected chi connectivity index (χ3v) is 2.47. The standard InChI is InChI=1S/C10H19NO3/c1-4-8(10(13)14)5-6-9(7-12)11(2)3/h7-9H,4-6H2,1-3H3,(H,13,14). The predicted molar refractivity (Wildman–Crippen MR) is 54.2 cm³/mol. The topological polar surface area (TPSA) is 57.6 Å². The summed E-state index contributed by atoms with van der Waals surface area (Å²) in [4.78, 5) is 23.1. The van der Waals surface area contributed by atoms with Gasteiger partial charge in [-0.3, -0.25) is 4.79 Å². The van der Waals surface area contributed by atoms with Crippen LogP contribution in [-0.4, -0.2) is 42.4 Å². The molecule has 1 N–H and O–H groups in total. The third kappa shape index (κ3) is 4.37. The zero-order chi connectivity index (χ0) is 11.1. The lowest BCUT2D eigenvalue weighted by Crippen LogP contribution is -2.30. The summed E-state index contributed by atoms with van der Waals surface area (Å²) in [6, 6.07) is -0.164. The van der Waals surface area contributed by atoms with Gasteiger partial charge in [0.2, 0.25) is 0 Å². The summed E-state index contributed by atoms with van der Waals surface area (Å²) in [5.41, 5.74) is 0. The maximum absolute atomic E-state index is 10.7. The Morgan fingerprint density at radius 1 is 1.43 bits per heavy atom. The van der Waals surface area contributed by atoms with Crippen LogP contribution in [-0.2, 0) is 9.59 Å². The van der Waals surface area contributed by atoms with Crippen LogP contribution in [0.5, 0.6) is 0 Å². The second-order valence-electron chi connectivity index (χ2n) is 3.69. The molecule has 0 heterocycles. The monoisotopic (exact) mass is 201 g/mol. The Balaban J connectivity index is 4.00. The maximum Gasteiger partial charge on any atom is 0.306 e. The van der Waals surface area contributed by atoms with E-state index in [1.807, 2.05) is 25.9 Å². The molecule has 4 nitrogen and oxygen atoms in total. The van der Waals surface area contributed by atoms with Crippen molar-refractivity contribution >= 4 is 12.3 Å². The molecule has 4 heteroatoms. The van der Waals surface area contributed by atoms with Crippen molar-refractivity contribution in [3.8, 4) is 0 Å². The molecule has 0 bridgehead atoms. The van der Waals surface area contributed by atoms with Gasteiger partial charge in [0.05, 0.1) is 12.0 Å². The van der Waals surface area contributed by atoms with Crippen molar-refractivity contribution in [3.63, 3.8) is 0 Å². The van der Waals surface area contributed by atoms with Crippen LogP contribution in [0.2, 0.25) is 0 Å². The van der Waals surface area contributed by atoms with Crippen molar-refractivity contribution in [2.45, 2.75) is 32.2 Å². The minimum absolute atomic E-state index is 0.164. The quantitative estimate of drug-likeness (QED) is 0.624. The molecule has 2 unspecified atom stereocenters. The highest BCUT2D eigenvalue weighted by molar-refractivity contribution is 5.70. The number of aliphatic carboxylic acids is 1. The van der Waals surface area contributed by atoms with Gasteiger partial charge in [-0.05, 0) is 33.4 Å². The SMILES string of the molecule is CCC(CCC(C=O)N(C)C)C(=O)O. The Kier molecular flexibility index (Phi) is 6.12. The first-order valence-corrected chi connectivity index (χ1v) is 4.87. The normalized spacial score (nSPS) is 15.1. The maximum atomic E-state index is 10.7. The van der Waals surface area contributed by atoms with Gasteiger partial charge in [-0.25, -0.2) is 0 Å². The van der Waals surface area contributed by atoms with Gasteiger partial charge >= 0.3 is 5.97 Å². The fourth-order valence-electron chi connectivity index (χ4n) is 1.32. The van der Waals surface area contributed by atoms with Crippen LogP contribution in [0.3, 0.4) is 0 Å². The largest absolute Gasteiger partial charge is 0.481 e. The molecule has 2 atom stereocenters. The number of rotatable bonds is 7. The second kappa shape index (κ2) is 6.54. The highest BCUT2D eigenvalue weighted by atomic mass is 16.4. The van der Waals surface area contributed by atoms with Crippen LogP contribution in [0.1, 0.15) is 26.2 Å². The third-order valence-electron chi connectivity index (χ3n) is 2.47. The van der Waals surface area contributed by atoms with Gasteiger partial charge in [-0.2, -0.15) is 0 Å². The minimum Gasteiger partial charge on any atom is -0.481 e. The van der Waals surface area contributed by atoms with Crippen LogP contribution in [0.15, 0.2) is 0 Å². The molecule has 82 valence electrons. The van der Waals surface area contributed by atoms with Gasteiger partial charge in [-0.15, -0.1) is 0 Å². The Bertz CT molecular complexity index is 190. The van der Waals surface area contributed by atoms with E-state index in [1.165, 1.54) is 0 Å². The molecule has 0 saturated heterocycles. The zero-order valence-electron chi connectivity index (χ0n) is 9.06. The molecule has 14 heavy (non-hydrogen) atoms. The lowest BCUT2D eigenvalue weighted by molar-refractivity contribution is -0.142. The summed E-state index contributed by atoms with van der Waals surface area (Å²) >= 11 is 0. The molecule has 0 spiro atoms. The average Bonchev–Trinajstić information content (AvgIpc) is 2.11. The van der Waals surface area contributed by atoms with Crippen LogP contribution in [0, 0.1) is 5.92 Å². The van der Waals surface area contributed by atoms with Crippen LogP contribution >= 0.6 is 0 Å². The van der Waals surface area contributed by atoms with E-state index in [0.29, 0.717) is 19.3 Å². The highest BCUT2D eigenvalue weighted by Crippen LogP contribution is 2.13. The molecular weight excluding hydrogens is 182 g/mol. The van der Waals surface area contributed by atoms with E-state index >= 15 is 0 Å². The summed E-state index contributed by atoms with van der Waals surface area (Å²) in [5, 5.41) is 8.80. The number of carbonyl (C=O) groups excluding carboxylic acids is 1. The Hall–Kier alpha value is -0.900. The van der Waals surface area contributed by atoms with E-state index in [4.69, 9.17) is 5.11 Å². The molecule has 0 aliphatic heterocycles. The number of hydrogen-bond acceptors (Lipinski definition) is 3. The molecule has 0 rings (SSSR count). The molecule has 0 saturated carbocycles. The van der Waals surface area contributed by atoms with Crippen molar-refractivity contribution < 1.29 is 14.7 Å². The Morgan fingerprint density at radius 2 is 2.00 bits per heavy atom. The van der Waals surface area contributed by atoms with E-state index < -0.39 is 5.97 Å². The first kappa shape index (κ1) is 13.1. The molecule has 0 amide bonds. The first-order chi connectivity index (χ1) is 6.52. The number of aldehydes is 1. The van der Waals surface area contributed by atoms with E-state index in [2.05, 4.69) is 0 Å². The van der Waals surface area contributed by atoms with Crippen LogP contribution in [0.25, 0.3) is 0 Å². The van der Waals surface area contributed by atoms with Gasteiger partial charge in [0.15, 0.2) is 0 Å². The number of carboxylic acid groups (broad SMARTS) is 1. The predicted octanol–water partition coefficient (Wildman–Crippen LogP) is 1.01. The van der Waals surface area contributed by atoms with Gasteiger partial charge in [0.25, 0.3) is 0 Å². The van der Waals surface area contributed by atoms with Gasteiger partial charge < -0.3 is 14.8 Å². The van der Waals surface area contributed by atoms with E-state index in [-0.39, 0.29) is 12.0 Å². The average molecular weight is 201 g/mol. The van der Waals surface area contributed by atoms with E-state index in [0.717, 1.165) is 6.29 Å².